The number of nitrogens with zero attached hydrogens (tertiary/aromatic N) is 1. The van der Waals surface area contributed by atoms with Crippen molar-refractivity contribution in [2.75, 3.05) is 0 Å². The molecule has 0 atom stereocenters. The van der Waals surface area contributed by atoms with Crippen molar-refractivity contribution in [3.05, 3.63) is 30.1 Å². The standard InChI is InChI=1S/C30H53NO/c1-2-3-4-5-6-7-8-9-10-11-12-13-14-15-16-17-18-19-20-23-30(32)24-21-22-29-25-27-31-28-26-29/h25-28H,2-24H2,1H3. The van der Waals surface area contributed by atoms with Crippen LogP contribution in [-0.4, -0.2) is 10.8 Å². The second kappa shape index (κ2) is 23.0. The predicted molar refractivity (Wildman–Crippen MR) is 140 cm³/mol. The van der Waals surface area contributed by atoms with Crippen LogP contribution in [0.1, 0.15) is 154 Å². The van der Waals surface area contributed by atoms with Gasteiger partial charge in [0.25, 0.3) is 0 Å². The van der Waals surface area contributed by atoms with Crippen molar-refractivity contribution in [3.8, 4) is 0 Å². The molecule has 0 unspecified atom stereocenters. The summed E-state index contributed by atoms with van der Waals surface area (Å²) in [6.45, 7) is 2.29. The number of rotatable bonds is 24. The lowest BCUT2D eigenvalue weighted by Gasteiger charge is -2.04. The molecule has 0 radical (unpaired) electrons. The third-order valence-corrected chi connectivity index (χ3v) is 6.73. The Bertz CT molecular complexity index is 513. The molecular weight excluding hydrogens is 390 g/mol. The summed E-state index contributed by atoms with van der Waals surface area (Å²) in [5, 5.41) is 0. The topological polar surface area (TPSA) is 30.0 Å². The molecule has 0 aromatic carbocycles. The van der Waals surface area contributed by atoms with Gasteiger partial charge in [-0.1, -0.05) is 122 Å². The van der Waals surface area contributed by atoms with Crippen molar-refractivity contribution in [2.24, 2.45) is 0 Å². The number of Topliss-reactive ketones (excluding diaryl/α,β-unsaturated/α-hetero) is 1. The first kappa shape index (κ1) is 28.9. The van der Waals surface area contributed by atoms with E-state index in [-0.39, 0.29) is 0 Å². The second-order valence-electron chi connectivity index (χ2n) is 9.86. The van der Waals surface area contributed by atoms with Gasteiger partial charge in [-0.3, -0.25) is 9.78 Å². The fraction of sp³-hybridized carbons (Fsp3) is 0.800. The number of carbonyl (C=O) groups excluding carboxylic acids is 1. The molecule has 2 heteroatoms. The van der Waals surface area contributed by atoms with Gasteiger partial charge in [0.2, 0.25) is 0 Å². The fourth-order valence-corrected chi connectivity index (χ4v) is 4.56. The Balaban J connectivity index is 1.71. The number of carbonyl (C=O) groups is 1. The van der Waals surface area contributed by atoms with Crippen LogP contribution in [0.5, 0.6) is 0 Å². The van der Waals surface area contributed by atoms with Gasteiger partial charge in [-0.25, -0.2) is 0 Å². The van der Waals surface area contributed by atoms with E-state index >= 15 is 0 Å². The second-order valence-corrected chi connectivity index (χ2v) is 9.86. The Hall–Kier alpha value is -1.18. The molecule has 1 rings (SSSR count). The van der Waals surface area contributed by atoms with Crippen LogP contribution in [0.4, 0.5) is 0 Å². The Morgan fingerprint density at radius 1 is 0.562 bits per heavy atom. The van der Waals surface area contributed by atoms with E-state index in [0.29, 0.717) is 5.78 Å². The first-order valence-electron chi connectivity index (χ1n) is 14.2. The van der Waals surface area contributed by atoms with Gasteiger partial charge in [0.15, 0.2) is 0 Å². The number of unbranched alkanes of at least 4 members (excludes halogenated alkanes) is 18. The third-order valence-electron chi connectivity index (χ3n) is 6.73. The van der Waals surface area contributed by atoms with E-state index in [9.17, 15) is 4.79 Å². The molecule has 0 saturated carbocycles. The molecule has 184 valence electrons. The van der Waals surface area contributed by atoms with Crippen LogP contribution in [0.2, 0.25) is 0 Å². The summed E-state index contributed by atoms with van der Waals surface area (Å²) in [5.74, 6) is 0.450. The normalized spacial score (nSPS) is 11.2. The number of aromatic nitrogens is 1. The number of pyridine rings is 1. The Morgan fingerprint density at radius 2 is 0.938 bits per heavy atom. The first-order chi connectivity index (χ1) is 15.8. The van der Waals surface area contributed by atoms with Crippen molar-refractivity contribution < 1.29 is 4.79 Å². The lowest BCUT2D eigenvalue weighted by atomic mass is 10.0. The number of hydrogen-bond acceptors (Lipinski definition) is 2. The molecule has 32 heavy (non-hydrogen) atoms. The van der Waals surface area contributed by atoms with Crippen LogP contribution in [0.25, 0.3) is 0 Å². The molecule has 0 aliphatic rings. The summed E-state index contributed by atoms with van der Waals surface area (Å²) in [4.78, 5) is 16.0. The molecule has 0 N–H and O–H groups in total. The largest absolute Gasteiger partial charge is 0.300 e. The highest BCUT2D eigenvalue weighted by atomic mass is 16.1. The van der Waals surface area contributed by atoms with Crippen molar-refractivity contribution in [1.29, 1.82) is 0 Å². The van der Waals surface area contributed by atoms with Gasteiger partial charge >= 0.3 is 0 Å². The van der Waals surface area contributed by atoms with Gasteiger partial charge in [0, 0.05) is 25.2 Å². The summed E-state index contributed by atoms with van der Waals surface area (Å²) in [7, 11) is 0. The van der Waals surface area contributed by atoms with Crippen molar-refractivity contribution in [2.45, 2.75) is 155 Å². The zero-order chi connectivity index (χ0) is 23.0. The smallest absolute Gasteiger partial charge is 0.132 e. The maximum atomic E-state index is 12.0. The van der Waals surface area contributed by atoms with Crippen LogP contribution < -0.4 is 0 Å². The van der Waals surface area contributed by atoms with E-state index < -0.39 is 0 Å². The Morgan fingerprint density at radius 3 is 1.38 bits per heavy atom. The highest BCUT2D eigenvalue weighted by Crippen LogP contribution is 2.15. The van der Waals surface area contributed by atoms with E-state index in [0.717, 1.165) is 32.1 Å². The van der Waals surface area contributed by atoms with Gasteiger partial charge < -0.3 is 0 Å². The molecule has 0 aliphatic heterocycles. The van der Waals surface area contributed by atoms with Gasteiger partial charge in [0.05, 0.1) is 0 Å². The minimum absolute atomic E-state index is 0.450. The SMILES string of the molecule is CCCCCCCCCCCCCCCCCCCCCC(=O)CCCc1ccncc1. The average molecular weight is 444 g/mol. The van der Waals surface area contributed by atoms with Crippen LogP contribution in [0, 0.1) is 0 Å². The number of aryl methyl sites for hydroxylation is 1. The molecule has 0 fully saturated rings. The summed E-state index contributed by atoms with van der Waals surface area (Å²) < 4.78 is 0. The monoisotopic (exact) mass is 443 g/mol. The van der Waals surface area contributed by atoms with E-state index in [1.807, 2.05) is 24.5 Å². The summed E-state index contributed by atoms with van der Waals surface area (Å²) in [6, 6.07) is 4.09. The van der Waals surface area contributed by atoms with Crippen LogP contribution in [-0.2, 0) is 11.2 Å². The molecule has 1 aromatic heterocycles. The zero-order valence-electron chi connectivity index (χ0n) is 21.4. The molecule has 0 bridgehead atoms. The van der Waals surface area contributed by atoms with E-state index in [4.69, 9.17) is 0 Å². The van der Waals surface area contributed by atoms with E-state index in [1.165, 1.54) is 121 Å². The molecule has 0 aliphatic carbocycles. The van der Waals surface area contributed by atoms with Crippen molar-refractivity contribution in [1.82, 2.24) is 4.98 Å². The molecule has 2 nitrogen and oxygen atoms in total. The maximum Gasteiger partial charge on any atom is 0.132 e. The fourth-order valence-electron chi connectivity index (χ4n) is 4.56. The lowest BCUT2D eigenvalue weighted by molar-refractivity contribution is -0.119. The highest BCUT2D eigenvalue weighted by Gasteiger charge is 2.02. The van der Waals surface area contributed by atoms with Gasteiger partial charge in [0.1, 0.15) is 5.78 Å². The maximum absolute atomic E-state index is 12.0. The van der Waals surface area contributed by atoms with E-state index in [2.05, 4.69) is 11.9 Å². The summed E-state index contributed by atoms with van der Waals surface area (Å²) in [6.07, 6.45) is 33.7. The molecular formula is C30H53NO. The zero-order valence-corrected chi connectivity index (χ0v) is 21.4. The molecule has 1 aromatic rings. The quantitative estimate of drug-likeness (QED) is 0.149. The van der Waals surface area contributed by atoms with Crippen LogP contribution in [0.15, 0.2) is 24.5 Å². The van der Waals surface area contributed by atoms with Gasteiger partial charge in [-0.05, 0) is 37.0 Å². The Kier molecular flexibility index (Phi) is 20.7. The van der Waals surface area contributed by atoms with Crippen molar-refractivity contribution >= 4 is 5.78 Å². The molecule has 1 heterocycles. The minimum Gasteiger partial charge on any atom is -0.300 e. The predicted octanol–water partition coefficient (Wildman–Crippen LogP) is 9.80. The molecule has 0 amide bonds. The third kappa shape index (κ3) is 19.5. The van der Waals surface area contributed by atoms with Crippen molar-refractivity contribution in [3.63, 3.8) is 0 Å². The lowest BCUT2D eigenvalue weighted by Crippen LogP contribution is -1.99. The van der Waals surface area contributed by atoms with Crippen LogP contribution in [0.3, 0.4) is 0 Å². The molecule has 0 saturated heterocycles. The average Bonchev–Trinajstić information content (AvgIpc) is 2.81. The van der Waals surface area contributed by atoms with Crippen LogP contribution >= 0.6 is 0 Å². The Labute approximate surface area is 200 Å². The molecule has 0 spiro atoms. The van der Waals surface area contributed by atoms with Gasteiger partial charge in [-0.15, -0.1) is 0 Å². The minimum atomic E-state index is 0.450. The number of ketones is 1. The highest BCUT2D eigenvalue weighted by molar-refractivity contribution is 5.78. The number of hydrogen-bond donors (Lipinski definition) is 0. The summed E-state index contributed by atoms with van der Waals surface area (Å²) >= 11 is 0. The first-order valence-corrected chi connectivity index (χ1v) is 14.2. The van der Waals surface area contributed by atoms with E-state index in [1.54, 1.807) is 0 Å². The summed E-state index contributed by atoms with van der Waals surface area (Å²) in [5.41, 5.74) is 1.29. The van der Waals surface area contributed by atoms with Gasteiger partial charge in [-0.2, -0.15) is 0 Å².